The van der Waals surface area contributed by atoms with Crippen LogP contribution in [-0.2, 0) is 9.59 Å². The summed E-state index contributed by atoms with van der Waals surface area (Å²) >= 11 is 0. The van der Waals surface area contributed by atoms with E-state index in [4.69, 9.17) is 0 Å². The topological polar surface area (TPSA) is 57.6 Å². The molecule has 2 aliphatic rings. The van der Waals surface area contributed by atoms with E-state index >= 15 is 0 Å². The summed E-state index contributed by atoms with van der Waals surface area (Å²) in [5.74, 6) is 1.52. The average Bonchev–Trinajstić information content (AvgIpc) is 2.36. The smallest absolute Gasteiger partial charge is 0.220 e. The highest BCUT2D eigenvalue weighted by atomic mass is 16.3. The van der Waals surface area contributed by atoms with E-state index < -0.39 is 0 Å². The first-order chi connectivity index (χ1) is 8.52. The van der Waals surface area contributed by atoms with Crippen molar-refractivity contribution in [1.29, 1.82) is 0 Å². The first kappa shape index (κ1) is 13.5. The van der Waals surface area contributed by atoms with Crippen LogP contribution < -0.4 is 0 Å². The molecule has 1 amide bonds. The molecule has 1 heterocycles. The molecule has 0 unspecified atom stereocenters. The predicted octanol–water partition coefficient (Wildman–Crippen LogP) is 1.22. The highest BCUT2D eigenvalue weighted by Gasteiger charge is 2.41. The van der Waals surface area contributed by atoms with Gasteiger partial charge < -0.3 is 10.0 Å². The van der Waals surface area contributed by atoms with Gasteiger partial charge in [0.05, 0.1) is 6.04 Å². The van der Waals surface area contributed by atoms with E-state index in [-0.39, 0.29) is 24.3 Å². The highest BCUT2D eigenvalue weighted by Crippen LogP contribution is 2.41. The monoisotopic (exact) mass is 253 g/mol. The van der Waals surface area contributed by atoms with Crippen LogP contribution >= 0.6 is 0 Å². The predicted molar refractivity (Wildman–Crippen MR) is 67.9 cm³/mol. The largest absolute Gasteiger partial charge is 0.396 e. The molecular weight excluding hydrogens is 230 g/mol. The fourth-order valence-electron chi connectivity index (χ4n) is 3.65. The number of aliphatic hydroxyl groups is 1. The van der Waals surface area contributed by atoms with Gasteiger partial charge in [0.15, 0.2) is 5.78 Å². The molecule has 0 aromatic carbocycles. The summed E-state index contributed by atoms with van der Waals surface area (Å²) < 4.78 is 0. The second kappa shape index (κ2) is 5.39. The minimum atomic E-state index is -0.235. The van der Waals surface area contributed by atoms with Gasteiger partial charge in [0.1, 0.15) is 0 Å². The number of nitrogens with zero attached hydrogens (tertiary/aromatic N) is 1. The lowest BCUT2D eigenvalue weighted by Gasteiger charge is -2.46. The number of rotatable bonds is 2. The molecule has 2 fully saturated rings. The summed E-state index contributed by atoms with van der Waals surface area (Å²) in [6, 6.07) is -0.235. The SMILES string of the molecule is CC(=O)[C@@H]1C[C@H]2C[C@@H](CO)CC[C@H]2CN1C(C)=O. The molecule has 0 radical (unpaired) electrons. The number of carbonyl (C=O) groups excluding carboxylic acids is 2. The number of Topliss-reactive ketones (excluding diaryl/α,β-unsaturated/α-hetero) is 1. The van der Waals surface area contributed by atoms with Crippen LogP contribution in [0.5, 0.6) is 0 Å². The maximum atomic E-state index is 11.7. The zero-order valence-corrected chi connectivity index (χ0v) is 11.3. The van der Waals surface area contributed by atoms with Gasteiger partial charge >= 0.3 is 0 Å². The van der Waals surface area contributed by atoms with Crippen LogP contribution in [0, 0.1) is 17.8 Å². The van der Waals surface area contributed by atoms with Gasteiger partial charge in [-0.1, -0.05) is 0 Å². The Balaban J connectivity index is 2.10. The summed E-state index contributed by atoms with van der Waals surface area (Å²) in [6.45, 7) is 4.11. The highest BCUT2D eigenvalue weighted by molar-refractivity contribution is 5.87. The molecule has 4 heteroatoms. The van der Waals surface area contributed by atoms with Gasteiger partial charge in [0.2, 0.25) is 5.91 Å². The first-order valence-electron chi connectivity index (χ1n) is 6.91. The third-order valence-corrected chi connectivity index (χ3v) is 4.71. The summed E-state index contributed by atoms with van der Waals surface area (Å²) in [5.41, 5.74) is 0. The minimum absolute atomic E-state index is 0.0120. The van der Waals surface area contributed by atoms with Crippen molar-refractivity contribution in [2.45, 2.75) is 45.6 Å². The van der Waals surface area contributed by atoms with E-state index in [1.54, 1.807) is 18.7 Å². The third-order valence-electron chi connectivity index (χ3n) is 4.71. The van der Waals surface area contributed by atoms with Crippen molar-refractivity contribution in [2.75, 3.05) is 13.2 Å². The van der Waals surface area contributed by atoms with Crippen molar-refractivity contribution < 1.29 is 14.7 Å². The zero-order valence-electron chi connectivity index (χ0n) is 11.3. The van der Waals surface area contributed by atoms with Crippen molar-refractivity contribution in [1.82, 2.24) is 4.90 Å². The summed E-state index contributed by atoms with van der Waals surface area (Å²) in [5, 5.41) is 9.27. The van der Waals surface area contributed by atoms with Crippen molar-refractivity contribution in [3.8, 4) is 0 Å². The molecule has 2 rings (SSSR count). The molecule has 1 aliphatic carbocycles. The number of piperidine rings is 1. The fourth-order valence-corrected chi connectivity index (χ4v) is 3.65. The molecule has 1 aliphatic heterocycles. The van der Waals surface area contributed by atoms with E-state index in [1.807, 2.05) is 0 Å². The number of amides is 1. The molecular formula is C14H23NO3. The Labute approximate surface area is 108 Å². The van der Waals surface area contributed by atoms with Crippen molar-refractivity contribution >= 4 is 11.7 Å². The second-order valence-electron chi connectivity index (χ2n) is 5.92. The van der Waals surface area contributed by atoms with Crippen LogP contribution in [0.2, 0.25) is 0 Å². The van der Waals surface area contributed by atoms with Crippen LogP contribution in [0.1, 0.15) is 39.5 Å². The molecule has 0 aromatic rings. The number of carbonyl (C=O) groups is 2. The van der Waals surface area contributed by atoms with Crippen LogP contribution in [0.15, 0.2) is 0 Å². The molecule has 1 N–H and O–H groups in total. The number of hydrogen-bond acceptors (Lipinski definition) is 3. The third kappa shape index (κ3) is 2.58. The number of ketones is 1. The molecule has 1 saturated heterocycles. The van der Waals surface area contributed by atoms with Gasteiger partial charge in [-0.15, -0.1) is 0 Å². The lowest BCUT2D eigenvalue weighted by Crippen LogP contribution is -2.53. The van der Waals surface area contributed by atoms with Gasteiger partial charge in [0.25, 0.3) is 0 Å². The molecule has 18 heavy (non-hydrogen) atoms. The van der Waals surface area contributed by atoms with Crippen LogP contribution in [-0.4, -0.2) is 40.9 Å². The molecule has 0 bridgehead atoms. The van der Waals surface area contributed by atoms with Gasteiger partial charge in [-0.25, -0.2) is 0 Å². The second-order valence-corrected chi connectivity index (χ2v) is 5.92. The van der Waals surface area contributed by atoms with E-state index in [0.717, 1.165) is 32.2 Å². The lowest BCUT2D eigenvalue weighted by molar-refractivity contribution is -0.143. The standard InChI is InChI=1S/C14H23NO3/c1-9(17)14-6-13-5-11(8-16)3-4-12(13)7-15(14)10(2)18/h11-14,16H,3-8H2,1-2H3/t11-,12-,13+,14-/m0/s1. The van der Waals surface area contributed by atoms with Crippen LogP contribution in [0.4, 0.5) is 0 Å². The number of hydrogen-bond donors (Lipinski definition) is 1. The minimum Gasteiger partial charge on any atom is -0.396 e. The normalized spacial score (nSPS) is 36.1. The number of likely N-dealkylation sites (tertiary alicyclic amines) is 1. The number of aliphatic hydroxyl groups excluding tert-OH is 1. The molecule has 1 saturated carbocycles. The van der Waals surface area contributed by atoms with E-state index in [9.17, 15) is 14.7 Å². The van der Waals surface area contributed by atoms with E-state index in [0.29, 0.717) is 17.8 Å². The fraction of sp³-hybridized carbons (Fsp3) is 0.857. The molecule has 102 valence electrons. The Morgan fingerprint density at radius 3 is 2.44 bits per heavy atom. The van der Waals surface area contributed by atoms with Gasteiger partial charge in [-0.05, 0) is 50.4 Å². The maximum absolute atomic E-state index is 11.7. The van der Waals surface area contributed by atoms with Crippen molar-refractivity contribution in [3.05, 3.63) is 0 Å². The van der Waals surface area contributed by atoms with Gasteiger partial charge in [-0.2, -0.15) is 0 Å². The van der Waals surface area contributed by atoms with Gasteiger partial charge in [0, 0.05) is 20.1 Å². The zero-order chi connectivity index (χ0) is 13.3. The Morgan fingerprint density at radius 1 is 1.17 bits per heavy atom. The average molecular weight is 253 g/mol. The van der Waals surface area contributed by atoms with Gasteiger partial charge in [-0.3, -0.25) is 9.59 Å². The Bertz CT molecular complexity index is 342. The molecule has 0 spiro atoms. The maximum Gasteiger partial charge on any atom is 0.220 e. The molecule has 4 nitrogen and oxygen atoms in total. The van der Waals surface area contributed by atoms with Crippen molar-refractivity contribution in [2.24, 2.45) is 17.8 Å². The van der Waals surface area contributed by atoms with Crippen LogP contribution in [0.25, 0.3) is 0 Å². The van der Waals surface area contributed by atoms with E-state index in [1.165, 1.54) is 0 Å². The summed E-state index contributed by atoms with van der Waals surface area (Å²) in [6.07, 6.45) is 3.92. The summed E-state index contributed by atoms with van der Waals surface area (Å²) in [7, 11) is 0. The van der Waals surface area contributed by atoms with Crippen molar-refractivity contribution in [3.63, 3.8) is 0 Å². The van der Waals surface area contributed by atoms with E-state index in [2.05, 4.69) is 0 Å². The Kier molecular flexibility index (Phi) is 4.05. The molecule has 0 aromatic heterocycles. The quantitative estimate of drug-likeness (QED) is 0.805. The molecule has 4 atom stereocenters. The Hall–Kier alpha value is -0.900. The summed E-state index contributed by atoms with van der Waals surface area (Å²) in [4.78, 5) is 25.1. The lowest BCUT2D eigenvalue weighted by atomic mass is 9.69. The van der Waals surface area contributed by atoms with Crippen LogP contribution in [0.3, 0.4) is 0 Å². The Morgan fingerprint density at radius 2 is 1.89 bits per heavy atom. The first-order valence-corrected chi connectivity index (χ1v) is 6.91. The number of fused-ring (bicyclic) bond motifs is 1.